The fraction of sp³-hybridized carbons (Fsp3) is 0.167. The average molecular weight is 341 g/mol. The molecule has 0 atom stereocenters. The Labute approximate surface area is 145 Å². The van der Waals surface area contributed by atoms with Gasteiger partial charge in [-0.2, -0.15) is 0 Å². The molecule has 1 aromatic carbocycles. The quantitative estimate of drug-likeness (QED) is 0.742. The molecule has 2 amide bonds. The van der Waals surface area contributed by atoms with Crippen LogP contribution in [0, 0.1) is 6.92 Å². The zero-order valence-corrected chi connectivity index (χ0v) is 14.2. The molecule has 0 spiro atoms. The van der Waals surface area contributed by atoms with Gasteiger partial charge in [0.15, 0.2) is 0 Å². The van der Waals surface area contributed by atoms with E-state index in [0.29, 0.717) is 17.4 Å². The Morgan fingerprint density at radius 1 is 1.25 bits per heavy atom. The second-order valence-corrected chi connectivity index (χ2v) is 5.83. The molecule has 0 bridgehead atoms. The van der Waals surface area contributed by atoms with Gasteiger partial charge in [0.1, 0.15) is 5.82 Å². The molecule has 0 radical (unpaired) electrons. The molecule has 0 saturated heterocycles. The first-order chi connectivity index (χ1) is 11.6. The summed E-state index contributed by atoms with van der Waals surface area (Å²) in [7, 11) is 0. The normalized spacial score (nSPS) is 10.6. The van der Waals surface area contributed by atoms with Crippen molar-refractivity contribution < 1.29 is 4.79 Å². The number of nitrogens with zero attached hydrogens (tertiary/aromatic N) is 2. The summed E-state index contributed by atoms with van der Waals surface area (Å²) in [4.78, 5) is 20.0. The van der Waals surface area contributed by atoms with Crippen molar-refractivity contribution in [3.63, 3.8) is 0 Å². The van der Waals surface area contributed by atoms with Crippen LogP contribution in [0.15, 0.2) is 42.9 Å². The van der Waals surface area contributed by atoms with Crippen molar-refractivity contribution in [2.45, 2.75) is 13.8 Å². The summed E-state index contributed by atoms with van der Waals surface area (Å²) >= 11 is 6.26. The minimum Gasteiger partial charge on any atom is -0.338 e. The zero-order chi connectivity index (χ0) is 17.1. The molecule has 122 valence electrons. The molecular weight excluding hydrogens is 324 g/mol. The number of carbonyl (C=O) groups excluding carboxylic acids is 1. The number of urea groups is 1. The predicted octanol–water partition coefficient (Wildman–Crippen LogP) is 4.40. The summed E-state index contributed by atoms with van der Waals surface area (Å²) in [5.74, 6) is 0.505. The Morgan fingerprint density at radius 2 is 2.08 bits per heavy atom. The molecule has 3 rings (SSSR count). The highest BCUT2D eigenvalue weighted by atomic mass is 35.5. The standard InChI is InChI=1S/C18H17ClN4O/c1-3-21-18(24)23-17-8-13-7-12(6-11(2)15(13)9-22-17)14-4-5-20-10-16(14)19/h4-10H,3H2,1-2H3,(H2,21,22,23,24). The van der Waals surface area contributed by atoms with Crippen molar-refractivity contribution in [1.82, 2.24) is 15.3 Å². The molecule has 3 aromatic rings. The number of hydrogen-bond donors (Lipinski definition) is 2. The molecule has 2 heterocycles. The fourth-order valence-electron chi connectivity index (χ4n) is 2.59. The summed E-state index contributed by atoms with van der Waals surface area (Å²) in [6.07, 6.45) is 5.12. The van der Waals surface area contributed by atoms with Crippen molar-refractivity contribution in [3.8, 4) is 11.1 Å². The van der Waals surface area contributed by atoms with Gasteiger partial charge >= 0.3 is 6.03 Å². The molecule has 5 nitrogen and oxygen atoms in total. The number of carbonyl (C=O) groups is 1. The van der Waals surface area contributed by atoms with Crippen LogP contribution in [0.2, 0.25) is 5.02 Å². The van der Waals surface area contributed by atoms with Crippen LogP contribution < -0.4 is 10.6 Å². The Balaban J connectivity index is 2.05. The van der Waals surface area contributed by atoms with Gasteiger partial charge in [0.25, 0.3) is 0 Å². The summed E-state index contributed by atoms with van der Waals surface area (Å²) in [6.45, 7) is 4.45. The van der Waals surface area contributed by atoms with Crippen LogP contribution in [0.25, 0.3) is 21.9 Å². The molecule has 0 fully saturated rings. The molecule has 0 unspecified atom stereocenters. The van der Waals surface area contributed by atoms with Crippen LogP contribution in [-0.2, 0) is 0 Å². The maximum absolute atomic E-state index is 11.7. The lowest BCUT2D eigenvalue weighted by atomic mass is 9.99. The number of pyridine rings is 2. The lowest BCUT2D eigenvalue weighted by Crippen LogP contribution is -2.28. The molecular formula is C18H17ClN4O. The third kappa shape index (κ3) is 3.31. The molecule has 0 saturated carbocycles. The van der Waals surface area contributed by atoms with Crippen molar-refractivity contribution in [3.05, 3.63) is 53.4 Å². The first kappa shape index (κ1) is 16.2. The van der Waals surface area contributed by atoms with Crippen molar-refractivity contribution in [2.24, 2.45) is 0 Å². The highest BCUT2D eigenvalue weighted by molar-refractivity contribution is 6.33. The monoisotopic (exact) mass is 340 g/mol. The Hall–Kier alpha value is -2.66. The first-order valence-corrected chi connectivity index (χ1v) is 8.01. The van der Waals surface area contributed by atoms with E-state index in [-0.39, 0.29) is 6.03 Å². The van der Waals surface area contributed by atoms with Gasteiger partial charge in [0.2, 0.25) is 0 Å². The second-order valence-electron chi connectivity index (χ2n) is 5.42. The SMILES string of the molecule is CCNC(=O)Nc1cc2cc(-c3ccncc3Cl)cc(C)c2cn1. The molecule has 0 aliphatic heterocycles. The van der Waals surface area contributed by atoms with Gasteiger partial charge in [0, 0.05) is 36.1 Å². The number of hydrogen-bond acceptors (Lipinski definition) is 3. The predicted molar refractivity (Wildman–Crippen MR) is 97.4 cm³/mol. The Kier molecular flexibility index (Phi) is 4.62. The summed E-state index contributed by atoms with van der Waals surface area (Å²) in [6, 6.07) is 7.58. The minimum absolute atomic E-state index is 0.269. The van der Waals surface area contributed by atoms with Crippen LogP contribution in [0.5, 0.6) is 0 Å². The molecule has 2 N–H and O–H groups in total. The van der Waals surface area contributed by atoms with E-state index in [9.17, 15) is 4.79 Å². The van der Waals surface area contributed by atoms with Crippen LogP contribution in [-0.4, -0.2) is 22.5 Å². The molecule has 2 aromatic heterocycles. The van der Waals surface area contributed by atoms with Gasteiger partial charge in [-0.05, 0) is 48.6 Å². The van der Waals surface area contributed by atoms with Gasteiger partial charge in [-0.25, -0.2) is 9.78 Å². The third-order valence-corrected chi connectivity index (χ3v) is 4.01. The zero-order valence-electron chi connectivity index (χ0n) is 13.4. The Bertz CT molecular complexity index is 911. The van der Waals surface area contributed by atoms with Gasteiger partial charge in [-0.15, -0.1) is 0 Å². The van der Waals surface area contributed by atoms with E-state index in [4.69, 9.17) is 11.6 Å². The maximum Gasteiger partial charge on any atom is 0.320 e. The van der Waals surface area contributed by atoms with E-state index in [1.54, 1.807) is 18.6 Å². The maximum atomic E-state index is 11.7. The van der Waals surface area contributed by atoms with Crippen LogP contribution in [0.4, 0.5) is 10.6 Å². The number of amides is 2. The number of fused-ring (bicyclic) bond motifs is 1. The van der Waals surface area contributed by atoms with E-state index in [1.165, 1.54) is 0 Å². The van der Waals surface area contributed by atoms with Gasteiger partial charge in [-0.3, -0.25) is 10.3 Å². The minimum atomic E-state index is -0.269. The third-order valence-electron chi connectivity index (χ3n) is 3.71. The molecule has 24 heavy (non-hydrogen) atoms. The van der Waals surface area contributed by atoms with Crippen molar-refractivity contribution in [1.29, 1.82) is 0 Å². The number of anilines is 1. The average Bonchev–Trinajstić information content (AvgIpc) is 2.55. The molecule has 0 aliphatic rings. The van der Waals surface area contributed by atoms with Gasteiger partial charge in [-0.1, -0.05) is 17.7 Å². The summed E-state index contributed by atoms with van der Waals surface area (Å²) in [5.41, 5.74) is 3.02. The van der Waals surface area contributed by atoms with E-state index in [1.807, 2.05) is 32.0 Å². The number of aryl methyl sites for hydroxylation is 1. The van der Waals surface area contributed by atoms with Crippen LogP contribution >= 0.6 is 11.6 Å². The number of nitrogens with one attached hydrogen (secondary N) is 2. The Morgan fingerprint density at radius 3 is 2.83 bits per heavy atom. The lowest BCUT2D eigenvalue weighted by molar-refractivity contribution is 0.252. The fourth-order valence-corrected chi connectivity index (χ4v) is 2.82. The number of benzene rings is 1. The summed E-state index contributed by atoms with van der Waals surface area (Å²) < 4.78 is 0. The molecule has 6 heteroatoms. The van der Waals surface area contributed by atoms with E-state index < -0.39 is 0 Å². The highest BCUT2D eigenvalue weighted by Crippen LogP contribution is 2.31. The summed E-state index contributed by atoms with van der Waals surface area (Å²) in [5, 5.41) is 8.03. The van der Waals surface area contributed by atoms with Gasteiger partial charge in [0.05, 0.1) is 5.02 Å². The topological polar surface area (TPSA) is 66.9 Å². The number of halogens is 1. The van der Waals surface area contributed by atoms with E-state index in [0.717, 1.165) is 27.5 Å². The van der Waals surface area contributed by atoms with E-state index in [2.05, 4.69) is 26.7 Å². The van der Waals surface area contributed by atoms with Crippen LogP contribution in [0.1, 0.15) is 12.5 Å². The first-order valence-electron chi connectivity index (χ1n) is 7.63. The van der Waals surface area contributed by atoms with Crippen LogP contribution in [0.3, 0.4) is 0 Å². The second kappa shape index (κ2) is 6.84. The smallest absolute Gasteiger partial charge is 0.320 e. The lowest BCUT2D eigenvalue weighted by Gasteiger charge is -2.10. The molecule has 0 aliphatic carbocycles. The highest BCUT2D eigenvalue weighted by Gasteiger charge is 2.09. The van der Waals surface area contributed by atoms with E-state index >= 15 is 0 Å². The van der Waals surface area contributed by atoms with Gasteiger partial charge < -0.3 is 5.32 Å². The number of aromatic nitrogens is 2. The van der Waals surface area contributed by atoms with Crippen molar-refractivity contribution in [2.75, 3.05) is 11.9 Å². The van der Waals surface area contributed by atoms with Crippen molar-refractivity contribution >= 4 is 34.2 Å². The largest absolute Gasteiger partial charge is 0.338 e. The number of rotatable bonds is 3.